The van der Waals surface area contributed by atoms with Crippen LogP contribution in [0.3, 0.4) is 0 Å². The van der Waals surface area contributed by atoms with Crippen molar-refractivity contribution in [2.75, 3.05) is 7.11 Å². The van der Waals surface area contributed by atoms with Gasteiger partial charge in [0, 0.05) is 18.4 Å². The van der Waals surface area contributed by atoms with Gasteiger partial charge >= 0.3 is 5.97 Å². The zero-order valence-corrected chi connectivity index (χ0v) is 16.0. The van der Waals surface area contributed by atoms with Crippen LogP contribution in [-0.4, -0.2) is 25.7 Å². The average Bonchev–Trinajstić information content (AvgIpc) is 3.04. The lowest BCUT2D eigenvalue weighted by Crippen LogP contribution is -2.62. The summed E-state index contributed by atoms with van der Waals surface area (Å²) in [5.74, 6) is 1.53. The SMILES string of the molecule is CO[C@@H]1OC2OC(=O)[C@H]3CC[C@@H]4[C@@]5(C)CCCC(C)(C)[C@@H]5CC[C@]14[C@H]23. The van der Waals surface area contributed by atoms with Crippen LogP contribution in [0, 0.1) is 39.9 Å². The Labute approximate surface area is 151 Å². The average molecular weight is 348 g/mol. The van der Waals surface area contributed by atoms with Gasteiger partial charge in [0.15, 0.2) is 6.29 Å². The second-order valence-electron chi connectivity index (χ2n) is 10.3. The Morgan fingerprint density at radius 2 is 1.84 bits per heavy atom. The summed E-state index contributed by atoms with van der Waals surface area (Å²) in [6.07, 6.45) is 7.81. The molecule has 25 heavy (non-hydrogen) atoms. The minimum atomic E-state index is -0.373. The standard InChI is InChI=1S/C21H32O4/c1-19(2)9-5-10-20(3)13(19)8-11-21-14(20)7-6-12-15(21)17(24-16(12)22)25-18(21)23-4/h12-15,17-18H,5-11H2,1-4H3/t12-,13-,14+,15-,17?,18+,20-,21-/m0/s1. The van der Waals surface area contributed by atoms with E-state index >= 15 is 0 Å². The maximum absolute atomic E-state index is 12.4. The minimum absolute atomic E-state index is 0.0261. The molecule has 140 valence electrons. The van der Waals surface area contributed by atoms with Crippen LogP contribution in [0.1, 0.15) is 65.7 Å². The summed E-state index contributed by atoms with van der Waals surface area (Å²) in [5.41, 5.74) is 0.702. The van der Waals surface area contributed by atoms with Crippen molar-refractivity contribution in [3.63, 3.8) is 0 Å². The molecule has 2 aliphatic heterocycles. The Morgan fingerprint density at radius 3 is 2.60 bits per heavy atom. The van der Waals surface area contributed by atoms with Crippen molar-refractivity contribution in [2.45, 2.75) is 78.3 Å². The second-order valence-corrected chi connectivity index (χ2v) is 10.3. The van der Waals surface area contributed by atoms with Gasteiger partial charge in [0.1, 0.15) is 0 Å². The van der Waals surface area contributed by atoms with Crippen LogP contribution in [0.5, 0.6) is 0 Å². The van der Waals surface area contributed by atoms with Gasteiger partial charge in [-0.3, -0.25) is 4.79 Å². The van der Waals surface area contributed by atoms with E-state index in [0.29, 0.717) is 16.7 Å². The number of methoxy groups -OCH3 is 1. The van der Waals surface area contributed by atoms with Gasteiger partial charge in [-0.15, -0.1) is 0 Å². The van der Waals surface area contributed by atoms with E-state index in [-0.39, 0.29) is 35.8 Å². The first-order valence-corrected chi connectivity index (χ1v) is 10.2. The maximum Gasteiger partial charge on any atom is 0.311 e. The molecule has 5 rings (SSSR count). The fraction of sp³-hybridized carbons (Fsp3) is 0.952. The molecule has 1 unspecified atom stereocenters. The van der Waals surface area contributed by atoms with E-state index in [0.717, 1.165) is 25.2 Å². The molecule has 0 aromatic heterocycles. The molecule has 0 aromatic rings. The topological polar surface area (TPSA) is 44.8 Å². The van der Waals surface area contributed by atoms with Crippen molar-refractivity contribution in [3.8, 4) is 0 Å². The van der Waals surface area contributed by atoms with Crippen LogP contribution in [0.4, 0.5) is 0 Å². The first-order chi connectivity index (χ1) is 11.8. The van der Waals surface area contributed by atoms with Gasteiger partial charge in [0.25, 0.3) is 0 Å². The van der Waals surface area contributed by atoms with E-state index in [4.69, 9.17) is 14.2 Å². The zero-order chi connectivity index (χ0) is 17.6. The first-order valence-electron chi connectivity index (χ1n) is 10.2. The number of hydrogen-bond acceptors (Lipinski definition) is 4. The van der Waals surface area contributed by atoms with E-state index in [1.165, 1.54) is 25.7 Å². The Bertz CT molecular complexity index is 601. The van der Waals surface area contributed by atoms with E-state index in [1.54, 1.807) is 7.11 Å². The number of hydrogen-bond donors (Lipinski definition) is 0. The number of carbonyl (C=O) groups excluding carboxylic acids is 1. The molecule has 0 bridgehead atoms. The van der Waals surface area contributed by atoms with Gasteiger partial charge < -0.3 is 14.2 Å². The van der Waals surface area contributed by atoms with Gasteiger partial charge in [0.05, 0.1) is 5.92 Å². The van der Waals surface area contributed by atoms with Crippen molar-refractivity contribution in [3.05, 3.63) is 0 Å². The monoisotopic (exact) mass is 348 g/mol. The Morgan fingerprint density at radius 1 is 1.04 bits per heavy atom. The molecule has 2 heterocycles. The lowest BCUT2D eigenvalue weighted by molar-refractivity contribution is -0.250. The summed E-state index contributed by atoms with van der Waals surface area (Å²) in [4.78, 5) is 12.4. The maximum atomic E-state index is 12.4. The Hall–Kier alpha value is -0.610. The minimum Gasteiger partial charge on any atom is -0.435 e. The van der Waals surface area contributed by atoms with Gasteiger partial charge in [-0.2, -0.15) is 0 Å². The summed E-state index contributed by atoms with van der Waals surface area (Å²) < 4.78 is 17.7. The molecule has 0 radical (unpaired) electrons. The highest BCUT2D eigenvalue weighted by molar-refractivity contribution is 5.75. The predicted molar refractivity (Wildman–Crippen MR) is 92.4 cm³/mol. The molecule has 4 nitrogen and oxygen atoms in total. The number of ether oxygens (including phenoxy) is 3. The van der Waals surface area contributed by atoms with Crippen molar-refractivity contribution in [1.29, 1.82) is 0 Å². The fourth-order valence-corrected chi connectivity index (χ4v) is 8.44. The molecule has 4 heteroatoms. The van der Waals surface area contributed by atoms with Gasteiger partial charge in [-0.1, -0.05) is 27.2 Å². The molecule has 3 aliphatic carbocycles. The van der Waals surface area contributed by atoms with Gasteiger partial charge in [-0.25, -0.2) is 0 Å². The van der Waals surface area contributed by atoms with Crippen LogP contribution in [0.25, 0.3) is 0 Å². The normalized spacial score (nSPS) is 55.9. The molecular weight excluding hydrogens is 316 g/mol. The van der Waals surface area contributed by atoms with Crippen LogP contribution in [0.15, 0.2) is 0 Å². The molecule has 1 spiro atoms. The van der Waals surface area contributed by atoms with Crippen LogP contribution >= 0.6 is 0 Å². The number of fused-ring (bicyclic) bond motifs is 2. The lowest BCUT2D eigenvalue weighted by Gasteiger charge is -2.65. The quantitative estimate of drug-likeness (QED) is 0.669. The summed E-state index contributed by atoms with van der Waals surface area (Å²) in [7, 11) is 1.77. The van der Waals surface area contributed by atoms with Gasteiger partial charge in [0.2, 0.25) is 6.29 Å². The Kier molecular flexibility index (Phi) is 3.32. The second kappa shape index (κ2) is 5.01. The number of rotatable bonds is 1. The third-order valence-corrected chi connectivity index (χ3v) is 9.15. The molecule has 2 saturated heterocycles. The summed E-state index contributed by atoms with van der Waals surface area (Å²) >= 11 is 0. The van der Waals surface area contributed by atoms with E-state index in [9.17, 15) is 4.79 Å². The molecule has 0 N–H and O–H groups in total. The molecule has 5 aliphatic rings. The largest absolute Gasteiger partial charge is 0.435 e. The van der Waals surface area contributed by atoms with Crippen LogP contribution in [-0.2, 0) is 19.0 Å². The highest BCUT2D eigenvalue weighted by Crippen LogP contribution is 2.73. The summed E-state index contributed by atoms with van der Waals surface area (Å²) in [6, 6.07) is 0. The first kappa shape index (κ1) is 16.6. The number of esters is 1. The molecular formula is C21H32O4. The molecule has 0 amide bonds. The van der Waals surface area contributed by atoms with E-state index < -0.39 is 0 Å². The third kappa shape index (κ3) is 1.83. The Balaban J connectivity index is 1.62. The summed E-state index contributed by atoms with van der Waals surface area (Å²) in [6.45, 7) is 7.49. The highest BCUT2D eigenvalue weighted by atomic mass is 16.8. The van der Waals surface area contributed by atoms with Crippen LogP contribution < -0.4 is 0 Å². The third-order valence-electron chi connectivity index (χ3n) is 9.15. The van der Waals surface area contributed by atoms with Crippen molar-refractivity contribution in [2.24, 2.45) is 39.9 Å². The van der Waals surface area contributed by atoms with E-state index in [1.807, 2.05) is 0 Å². The van der Waals surface area contributed by atoms with Crippen molar-refractivity contribution in [1.82, 2.24) is 0 Å². The fourth-order valence-electron chi connectivity index (χ4n) is 8.44. The summed E-state index contributed by atoms with van der Waals surface area (Å²) in [5, 5.41) is 0. The van der Waals surface area contributed by atoms with E-state index in [2.05, 4.69) is 20.8 Å². The predicted octanol–water partition coefficient (Wildman–Crippen LogP) is 4.13. The molecule has 8 atom stereocenters. The highest BCUT2D eigenvalue weighted by Gasteiger charge is 2.74. The molecule has 5 fully saturated rings. The smallest absolute Gasteiger partial charge is 0.311 e. The molecule has 0 aromatic carbocycles. The lowest BCUT2D eigenvalue weighted by atomic mass is 9.38. The number of carbonyl (C=O) groups is 1. The van der Waals surface area contributed by atoms with Crippen molar-refractivity contribution < 1.29 is 19.0 Å². The van der Waals surface area contributed by atoms with Crippen molar-refractivity contribution >= 4 is 5.97 Å². The molecule has 3 saturated carbocycles. The van der Waals surface area contributed by atoms with Gasteiger partial charge in [-0.05, 0) is 61.2 Å². The van der Waals surface area contributed by atoms with Crippen LogP contribution in [0.2, 0.25) is 0 Å². The zero-order valence-electron chi connectivity index (χ0n) is 16.0.